The summed E-state index contributed by atoms with van der Waals surface area (Å²) in [5.41, 5.74) is -0.214. The van der Waals surface area contributed by atoms with Gasteiger partial charge in [0.05, 0.1) is 0 Å². The van der Waals surface area contributed by atoms with Crippen molar-refractivity contribution < 1.29 is 13.5 Å². The van der Waals surface area contributed by atoms with E-state index in [-0.39, 0.29) is 0 Å². The van der Waals surface area contributed by atoms with Gasteiger partial charge in [-0.25, -0.2) is 8.78 Å². The van der Waals surface area contributed by atoms with Crippen LogP contribution < -0.4 is 5.32 Å². The van der Waals surface area contributed by atoms with Gasteiger partial charge in [0, 0.05) is 25.3 Å². The average Bonchev–Trinajstić information content (AvgIpc) is 2.67. The number of ether oxygens (including phenoxy) is 1. The highest BCUT2D eigenvalue weighted by Crippen LogP contribution is 2.33. The molecule has 2 nitrogen and oxygen atoms in total. The van der Waals surface area contributed by atoms with Crippen LogP contribution in [-0.4, -0.2) is 20.2 Å². The van der Waals surface area contributed by atoms with E-state index in [9.17, 15) is 8.78 Å². The SMILES string of the molecule is COC1(c2ccc(F)cc2F)CCNC1. The minimum Gasteiger partial charge on any atom is -0.372 e. The van der Waals surface area contributed by atoms with Crippen molar-refractivity contribution in [2.24, 2.45) is 0 Å². The molecule has 0 aliphatic carbocycles. The smallest absolute Gasteiger partial charge is 0.132 e. The quantitative estimate of drug-likeness (QED) is 0.808. The highest BCUT2D eigenvalue weighted by atomic mass is 19.1. The van der Waals surface area contributed by atoms with Gasteiger partial charge < -0.3 is 10.1 Å². The van der Waals surface area contributed by atoms with Crippen LogP contribution in [0.2, 0.25) is 0 Å². The first-order valence-electron chi connectivity index (χ1n) is 4.89. The zero-order valence-electron chi connectivity index (χ0n) is 8.52. The highest BCUT2D eigenvalue weighted by molar-refractivity contribution is 5.27. The summed E-state index contributed by atoms with van der Waals surface area (Å²) in [5.74, 6) is -1.10. The van der Waals surface area contributed by atoms with E-state index in [1.54, 1.807) is 7.11 Å². The van der Waals surface area contributed by atoms with Crippen LogP contribution in [0.3, 0.4) is 0 Å². The summed E-state index contributed by atoms with van der Waals surface area (Å²) < 4.78 is 31.7. The molecule has 0 radical (unpaired) electrons. The van der Waals surface area contributed by atoms with Crippen LogP contribution in [0.25, 0.3) is 0 Å². The molecule has 0 bridgehead atoms. The lowest BCUT2D eigenvalue weighted by Crippen LogP contribution is -2.32. The van der Waals surface area contributed by atoms with Gasteiger partial charge in [0.1, 0.15) is 17.2 Å². The number of benzene rings is 1. The van der Waals surface area contributed by atoms with Crippen LogP contribution in [0.5, 0.6) is 0 Å². The zero-order chi connectivity index (χ0) is 10.9. The standard InChI is InChI=1S/C11H13F2NO/c1-15-11(4-5-14-7-11)9-3-2-8(12)6-10(9)13/h2-3,6,14H,4-5,7H2,1H3. The summed E-state index contributed by atoms with van der Waals surface area (Å²) in [6, 6.07) is 3.62. The van der Waals surface area contributed by atoms with Gasteiger partial charge in [-0.1, -0.05) is 6.07 Å². The van der Waals surface area contributed by atoms with Crippen LogP contribution in [0.15, 0.2) is 18.2 Å². The molecule has 1 aromatic carbocycles. The second kappa shape index (κ2) is 3.87. The number of hydrogen-bond donors (Lipinski definition) is 1. The van der Waals surface area contributed by atoms with Gasteiger partial charge in [0.2, 0.25) is 0 Å². The second-order valence-electron chi connectivity index (χ2n) is 3.75. The van der Waals surface area contributed by atoms with Gasteiger partial charge in [-0.2, -0.15) is 0 Å². The number of rotatable bonds is 2. The number of methoxy groups -OCH3 is 1. The summed E-state index contributed by atoms with van der Waals surface area (Å²) in [5, 5.41) is 3.12. The first-order valence-corrected chi connectivity index (χ1v) is 4.89. The Labute approximate surface area is 87.2 Å². The minimum absolute atomic E-state index is 0.427. The fourth-order valence-corrected chi connectivity index (χ4v) is 2.04. The van der Waals surface area contributed by atoms with Crippen molar-refractivity contribution in [3.8, 4) is 0 Å². The molecule has 1 aliphatic heterocycles. The Morgan fingerprint density at radius 2 is 2.20 bits per heavy atom. The van der Waals surface area contributed by atoms with Crippen LogP contribution in [0.1, 0.15) is 12.0 Å². The molecular formula is C11H13F2NO. The molecule has 1 N–H and O–H groups in total. The molecular weight excluding hydrogens is 200 g/mol. The Balaban J connectivity index is 2.42. The fraction of sp³-hybridized carbons (Fsp3) is 0.455. The lowest BCUT2D eigenvalue weighted by molar-refractivity contribution is 0.000296. The molecule has 0 aromatic heterocycles. The third-order valence-electron chi connectivity index (χ3n) is 2.93. The summed E-state index contributed by atoms with van der Waals surface area (Å²) in [6.45, 7) is 1.34. The summed E-state index contributed by atoms with van der Waals surface area (Å²) in [4.78, 5) is 0. The molecule has 0 saturated carbocycles. The molecule has 1 aromatic rings. The predicted octanol–water partition coefficient (Wildman–Crippen LogP) is 1.80. The molecule has 0 amide bonds. The maximum absolute atomic E-state index is 13.6. The van der Waals surface area contributed by atoms with Gasteiger partial charge >= 0.3 is 0 Å². The van der Waals surface area contributed by atoms with Gasteiger partial charge in [0.15, 0.2) is 0 Å². The van der Waals surface area contributed by atoms with Gasteiger partial charge in [-0.05, 0) is 19.0 Å². The highest BCUT2D eigenvalue weighted by Gasteiger charge is 2.37. The first kappa shape index (κ1) is 10.5. The Morgan fingerprint density at radius 3 is 2.73 bits per heavy atom. The maximum atomic E-state index is 13.6. The van der Waals surface area contributed by atoms with E-state index in [0.717, 1.165) is 12.6 Å². The van der Waals surface area contributed by atoms with Crippen LogP contribution >= 0.6 is 0 Å². The van der Waals surface area contributed by atoms with E-state index in [1.165, 1.54) is 12.1 Å². The monoisotopic (exact) mass is 213 g/mol. The van der Waals surface area contributed by atoms with E-state index in [2.05, 4.69) is 5.32 Å². The molecule has 1 aliphatic rings. The molecule has 82 valence electrons. The number of hydrogen-bond acceptors (Lipinski definition) is 2. The molecule has 1 fully saturated rings. The molecule has 1 heterocycles. The molecule has 4 heteroatoms. The molecule has 1 unspecified atom stereocenters. The zero-order valence-corrected chi connectivity index (χ0v) is 8.52. The molecule has 1 saturated heterocycles. The van der Waals surface area contributed by atoms with Crippen molar-refractivity contribution in [1.29, 1.82) is 0 Å². The van der Waals surface area contributed by atoms with E-state index in [4.69, 9.17) is 4.74 Å². The van der Waals surface area contributed by atoms with E-state index >= 15 is 0 Å². The topological polar surface area (TPSA) is 21.3 Å². The third kappa shape index (κ3) is 1.75. The van der Waals surface area contributed by atoms with Crippen molar-refractivity contribution in [2.75, 3.05) is 20.2 Å². The first-order chi connectivity index (χ1) is 7.18. The van der Waals surface area contributed by atoms with Gasteiger partial charge in [0.25, 0.3) is 0 Å². The molecule has 15 heavy (non-hydrogen) atoms. The van der Waals surface area contributed by atoms with E-state index in [0.29, 0.717) is 18.5 Å². The second-order valence-corrected chi connectivity index (χ2v) is 3.75. The van der Waals surface area contributed by atoms with E-state index in [1.807, 2.05) is 0 Å². The Morgan fingerprint density at radius 1 is 1.40 bits per heavy atom. The predicted molar refractivity (Wildman–Crippen MR) is 52.5 cm³/mol. The van der Waals surface area contributed by atoms with Crippen molar-refractivity contribution >= 4 is 0 Å². The maximum Gasteiger partial charge on any atom is 0.132 e. The van der Waals surface area contributed by atoms with Crippen molar-refractivity contribution in [3.63, 3.8) is 0 Å². The molecule has 2 rings (SSSR count). The average molecular weight is 213 g/mol. The normalized spacial score (nSPS) is 25.8. The Hall–Kier alpha value is -1.00. The van der Waals surface area contributed by atoms with Gasteiger partial charge in [-0.15, -0.1) is 0 Å². The van der Waals surface area contributed by atoms with Crippen molar-refractivity contribution in [1.82, 2.24) is 5.32 Å². The van der Waals surface area contributed by atoms with Crippen LogP contribution in [-0.2, 0) is 10.3 Å². The van der Waals surface area contributed by atoms with Crippen molar-refractivity contribution in [3.05, 3.63) is 35.4 Å². The number of halogens is 2. The Kier molecular flexibility index (Phi) is 2.71. The third-order valence-corrected chi connectivity index (χ3v) is 2.93. The summed E-state index contributed by atoms with van der Waals surface area (Å²) in [7, 11) is 1.55. The lowest BCUT2D eigenvalue weighted by Gasteiger charge is -2.27. The molecule has 1 atom stereocenters. The van der Waals surface area contributed by atoms with Crippen molar-refractivity contribution in [2.45, 2.75) is 12.0 Å². The van der Waals surface area contributed by atoms with E-state index < -0.39 is 17.2 Å². The summed E-state index contributed by atoms with van der Waals surface area (Å²) in [6.07, 6.45) is 0.700. The van der Waals surface area contributed by atoms with Gasteiger partial charge in [-0.3, -0.25) is 0 Å². The number of nitrogens with one attached hydrogen (secondary N) is 1. The Bertz CT molecular complexity index is 362. The minimum atomic E-state index is -0.641. The largest absolute Gasteiger partial charge is 0.372 e. The van der Waals surface area contributed by atoms with Crippen LogP contribution in [0, 0.1) is 11.6 Å². The summed E-state index contributed by atoms with van der Waals surface area (Å²) >= 11 is 0. The fourth-order valence-electron chi connectivity index (χ4n) is 2.04. The lowest BCUT2D eigenvalue weighted by atomic mass is 9.92. The molecule has 0 spiro atoms. The van der Waals surface area contributed by atoms with Crippen LogP contribution in [0.4, 0.5) is 8.78 Å².